The van der Waals surface area contributed by atoms with Crippen molar-refractivity contribution in [3.05, 3.63) is 35.9 Å². The number of rotatable bonds is 5. The number of hydrogen-bond acceptors (Lipinski definition) is 4. The van der Waals surface area contributed by atoms with Crippen molar-refractivity contribution >= 4 is 18.0 Å². The molecule has 140 valence electrons. The van der Waals surface area contributed by atoms with E-state index in [9.17, 15) is 19.5 Å². The van der Waals surface area contributed by atoms with Gasteiger partial charge in [-0.3, -0.25) is 4.79 Å². The lowest BCUT2D eigenvalue weighted by atomic mass is 9.95. The number of nitrogens with one attached hydrogen (secondary N) is 1. The Balaban J connectivity index is 1.66. The summed E-state index contributed by atoms with van der Waals surface area (Å²) in [6, 6.07) is 8.50. The highest BCUT2D eigenvalue weighted by Gasteiger charge is 2.48. The average molecular weight is 360 g/mol. The smallest absolute Gasteiger partial charge is 0.408 e. The second kappa shape index (κ2) is 7.76. The van der Waals surface area contributed by atoms with Gasteiger partial charge in [-0.25, -0.2) is 9.59 Å². The van der Waals surface area contributed by atoms with Crippen LogP contribution in [0.1, 0.15) is 44.1 Å². The molecule has 0 unspecified atom stereocenters. The highest BCUT2D eigenvalue weighted by atomic mass is 16.5. The van der Waals surface area contributed by atoms with Crippen molar-refractivity contribution in [2.24, 2.45) is 0 Å². The van der Waals surface area contributed by atoms with Crippen LogP contribution in [0.15, 0.2) is 30.3 Å². The lowest BCUT2D eigenvalue weighted by Gasteiger charge is -2.34. The fourth-order valence-corrected chi connectivity index (χ4v) is 3.87. The molecule has 1 saturated carbocycles. The maximum absolute atomic E-state index is 13.1. The molecule has 0 bridgehead atoms. The van der Waals surface area contributed by atoms with Crippen LogP contribution < -0.4 is 5.32 Å². The van der Waals surface area contributed by atoms with Gasteiger partial charge < -0.3 is 20.1 Å². The van der Waals surface area contributed by atoms with Gasteiger partial charge in [0.25, 0.3) is 0 Å². The van der Waals surface area contributed by atoms with Crippen molar-refractivity contribution in [1.29, 1.82) is 0 Å². The molecule has 7 nitrogen and oxygen atoms in total. The van der Waals surface area contributed by atoms with Crippen LogP contribution >= 0.6 is 0 Å². The topological polar surface area (TPSA) is 95.9 Å². The standard InChI is InChI=1S/C19H24N2O5/c22-16(23)15-9-6-12-21(15)17(24)19(10-4-5-11-19)20-18(25)26-13-14-7-2-1-3-8-14/h1-3,7-8,15H,4-6,9-13H2,(H,20,25)(H,22,23)/t15-/m0/s1. The van der Waals surface area contributed by atoms with E-state index >= 15 is 0 Å². The summed E-state index contributed by atoms with van der Waals surface area (Å²) in [6.45, 7) is 0.538. The van der Waals surface area contributed by atoms with E-state index in [1.807, 2.05) is 30.3 Å². The SMILES string of the molecule is O=C(NC1(C(=O)N2CCC[C@H]2C(=O)O)CCCC1)OCc1ccccc1. The summed E-state index contributed by atoms with van der Waals surface area (Å²) in [5.74, 6) is -1.28. The van der Waals surface area contributed by atoms with Gasteiger partial charge >= 0.3 is 12.1 Å². The molecule has 1 atom stereocenters. The van der Waals surface area contributed by atoms with Gasteiger partial charge in [0, 0.05) is 6.54 Å². The number of ether oxygens (including phenoxy) is 1. The lowest BCUT2D eigenvalue weighted by Crippen LogP contribution is -2.59. The summed E-state index contributed by atoms with van der Waals surface area (Å²) in [5.41, 5.74) is -0.189. The number of carboxylic acids is 1. The number of benzene rings is 1. The third-order valence-electron chi connectivity index (χ3n) is 5.22. The quantitative estimate of drug-likeness (QED) is 0.840. The fourth-order valence-electron chi connectivity index (χ4n) is 3.87. The van der Waals surface area contributed by atoms with Gasteiger partial charge in [-0.1, -0.05) is 43.2 Å². The van der Waals surface area contributed by atoms with Gasteiger partial charge in [0.1, 0.15) is 18.2 Å². The van der Waals surface area contributed by atoms with Gasteiger partial charge in [-0.2, -0.15) is 0 Å². The maximum Gasteiger partial charge on any atom is 0.408 e. The van der Waals surface area contributed by atoms with E-state index in [-0.39, 0.29) is 12.5 Å². The molecule has 1 saturated heterocycles. The normalized spacial score (nSPS) is 21.4. The Morgan fingerprint density at radius 3 is 2.50 bits per heavy atom. The molecule has 26 heavy (non-hydrogen) atoms. The number of carbonyl (C=O) groups is 3. The number of nitrogens with zero attached hydrogens (tertiary/aromatic N) is 1. The Hall–Kier alpha value is -2.57. The molecule has 2 fully saturated rings. The lowest BCUT2D eigenvalue weighted by molar-refractivity contribution is -0.151. The third kappa shape index (κ3) is 3.81. The van der Waals surface area contributed by atoms with Crippen LogP contribution in [0.5, 0.6) is 0 Å². The Morgan fingerprint density at radius 1 is 1.15 bits per heavy atom. The van der Waals surface area contributed by atoms with E-state index < -0.39 is 23.6 Å². The van der Waals surface area contributed by atoms with Crippen molar-refractivity contribution in [2.45, 2.75) is 56.7 Å². The van der Waals surface area contributed by atoms with Crippen LogP contribution in [0, 0.1) is 0 Å². The summed E-state index contributed by atoms with van der Waals surface area (Å²) in [7, 11) is 0. The first-order valence-corrected chi connectivity index (χ1v) is 9.05. The predicted octanol–water partition coefficient (Wildman–Crippen LogP) is 2.30. The molecule has 7 heteroatoms. The van der Waals surface area contributed by atoms with E-state index in [4.69, 9.17) is 4.74 Å². The maximum atomic E-state index is 13.1. The van der Waals surface area contributed by atoms with Crippen LogP contribution in [-0.2, 0) is 20.9 Å². The number of aliphatic carboxylic acids is 1. The van der Waals surface area contributed by atoms with Crippen LogP contribution in [0.3, 0.4) is 0 Å². The zero-order valence-corrected chi connectivity index (χ0v) is 14.6. The molecule has 1 aliphatic heterocycles. The summed E-state index contributed by atoms with van der Waals surface area (Å²) >= 11 is 0. The summed E-state index contributed by atoms with van der Waals surface area (Å²) < 4.78 is 5.27. The Kier molecular flexibility index (Phi) is 5.44. The van der Waals surface area contributed by atoms with Crippen LogP contribution in [0.4, 0.5) is 4.79 Å². The van der Waals surface area contributed by atoms with Crippen molar-refractivity contribution in [2.75, 3.05) is 6.54 Å². The van der Waals surface area contributed by atoms with Crippen molar-refractivity contribution in [3.8, 4) is 0 Å². The van der Waals surface area contributed by atoms with Gasteiger partial charge in [0.2, 0.25) is 5.91 Å². The second-order valence-electron chi connectivity index (χ2n) is 6.97. The number of likely N-dealkylation sites (tertiary alicyclic amines) is 1. The minimum atomic E-state index is -1.05. The molecule has 0 spiro atoms. The van der Waals surface area contributed by atoms with Crippen molar-refractivity contribution in [3.63, 3.8) is 0 Å². The molecule has 0 radical (unpaired) electrons. The minimum absolute atomic E-state index is 0.123. The van der Waals surface area contributed by atoms with Gasteiger partial charge in [0.15, 0.2) is 0 Å². The highest BCUT2D eigenvalue weighted by Crippen LogP contribution is 2.34. The predicted molar refractivity (Wildman–Crippen MR) is 93.3 cm³/mol. The van der Waals surface area contributed by atoms with Gasteiger partial charge in [-0.15, -0.1) is 0 Å². The van der Waals surface area contributed by atoms with Crippen molar-refractivity contribution < 1.29 is 24.2 Å². The largest absolute Gasteiger partial charge is 0.480 e. The number of amides is 2. The molecular weight excluding hydrogens is 336 g/mol. The molecular formula is C19H24N2O5. The van der Waals surface area contributed by atoms with Gasteiger partial charge in [0.05, 0.1) is 0 Å². The Bertz CT molecular complexity index is 670. The van der Waals surface area contributed by atoms with E-state index in [2.05, 4.69) is 5.32 Å². The summed E-state index contributed by atoms with van der Waals surface area (Å²) in [5, 5.41) is 12.1. The van der Waals surface area contributed by atoms with E-state index in [0.717, 1.165) is 18.4 Å². The zero-order valence-electron chi connectivity index (χ0n) is 14.6. The summed E-state index contributed by atoms with van der Waals surface area (Å²) in [6.07, 6.45) is 3.12. The first-order chi connectivity index (χ1) is 12.5. The Morgan fingerprint density at radius 2 is 1.85 bits per heavy atom. The van der Waals surface area contributed by atoms with E-state index in [1.54, 1.807) is 0 Å². The highest BCUT2D eigenvalue weighted by molar-refractivity contribution is 5.93. The number of hydrogen-bond donors (Lipinski definition) is 2. The molecule has 2 amide bonds. The molecule has 1 heterocycles. The average Bonchev–Trinajstić information content (AvgIpc) is 3.30. The molecule has 1 aromatic carbocycles. The molecule has 3 rings (SSSR count). The first-order valence-electron chi connectivity index (χ1n) is 9.05. The molecule has 1 aliphatic carbocycles. The van der Waals surface area contributed by atoms with Crippen LogP contribution in [0.25, 0.3) is 0 Å². The third-order valence-corrected chi connectivity index (χ3v) is 5.22. The van der Waals surface area contributed by atoms with Gasteiger partial charge in [-0.05, 0) is 31.2 Å². The monoisotopic (exact) mass is 360 g/mol. The zero-order chi connectivity index (χ0) is 18.6. The van der Waals surface area contributed by atoms with E-state index in [0.29, 0.717) is 32.2 Å². The van der Waals surface area contributed by atoms with Crippen molar-refractivity contribution in [1.82, 2.24) is 10.2 Å². The van der Waals surface area contributed by atoms with Crippen LogP contribution in [-0.4, -0.2) is 46.1 Å². The second-order valence-corrected chi connectivity index (χ2v) is 6.97. The minimum Gasteiger partial charge on any atom is -0.480 e. The number of carboxylic acid groups (broad SMARTS) is 1. The Labute approximate surface area is 152 Å². The van der Waals surface area contributed by atoms with Crippen LogP contribution in [0.2, 0.25) is 0 Å². The summed E-state index contributed by atoms with van der Waals surface area (Å²) in [4.78, 5) is 38.2. The number of alkyl carbamates (subject to hydrolysis) is 1. The first kappa shape index (κ1) is 18.2. The molecule has 0 aromatic heterocycles. The fraction of sp³-hybridized carbons (Fsp3) is 0.526. The van der Waals surface area contributed by atoms with E-state index in [1.165, 1.54) is 4.90 Å². The molecule has 2 aliphatic rings. The number of carbonyl (C=O) groups excluding carboxylic acids is 2. The molecule has 2 N–H and O–H groups in total. The molecule has 1 aromatic rings.